The van der Waals surface area contributed by atoms with Gasteiger partial charge in [-0.15, -0.1) is 0 Å². The van der Waals surface area contributed by atoms with Gasteiger partial charge in [-0.2, -0.15) is 17.2 Å². The summed E-state index contributed by atoms with van der Waals surface area (Å²) in [5.41, 5.74) is -0.728. The van der Waals surface area contributed by atoms with Gasteiger partial charge in [-0.1, -0.05) is 48.5 Å². The Hall–Kier alpha value is -2.86. The molecule has 8 aliphatic carbocycles. The molecule has 1 atom stereocenters. The van der Waals surface area contributed by atoms with Crippen molar-refractivity contribution in [3.05, 3.63) is 90.7 Å². The first-order valence-corrected chi connectivity index (χ1v) is 22.2. The van der Waals surface area contributed by atoms with E-state index in [0.29, 0.717) is 35.5 Å². The summed E-state index contributed by atoms with van der Waals surface area (Å²) in [6.45, 7) is -1.70. The van der Waals surface area contributed by atoms with Crippen molar-refractivity contribution in [2.24, 2.45) is 46.3 Å². The Morgan fingerprint density at radius 2 is 1.15 bits per heavy atom. The Bertz CT molecular complexity index is 1800. The van der Waals surface area contributed by atoms with Gasteiger partial charge in [-0.25, -0.2) is 4.39 Å². The van der Waals surface area contributed by atoms with E-state index in [4.69, 9.17) is 14.0 Å². The number of benzene rings is 3. The third-order valence-corrected chi connectivity index (χ3v) is 16.6. The van der Waals surface area contributed by atoms with Gasteiger partial charge < -0.3 is 9.47 Å². The summed E-state index contributed by atoms with van der Waals surface area (Å²) in [6, 6.07) is 27.2. The van der Waals surface area contributed by atoms with Crippen LogP contribution in [0.3, 0.4) is 0 Å². The Balaban J connectivity index is 0.000000176. The van der Waals surface area contributed by atoms with Crippen molar-refractivity contribution in [3.63, 3.8) is 0 Å². The zero-order valence-corrected chi connectivity index (χ0v) is 32.1. The van der Waals surface area contributed by atoms with Gasteiger partial charge in [0.2, 0.25) is 4.90 Å². The van der Waals surface area contributed by atoms with Crippen LogP contribution in [0.15, 0.2) is 99.6 Å². The molecule has 3 aromatic carbocycles. The molecule has 8 aliphatic rings. The van der Waals surface area contributed by atoms with Crippen molar-refractivity contribution in [3.8, 4) is 0 Å². The van der Waals surface area contributed by atoms with E-state index in [9.17, 15) is 26.4 Å². The minimum absolute atomic E-state index is 0.150. The summed E-state index contributed by atoms with van der Waals surface area (Å²) in [5, 5.41) is -4.39. The average molecular weight is 784 g/mol. The van der Waals surface area contributed by atoms with Gasteiger partial charge in [0, 0.05) is 5.41 Å². The van der Waals surface area contributed by atoms with Gasteiger partial charge in [0.25, 0.3) is 0 Å². The summed E-state index contributed by atoms with van der Waals surface area (Å²) in [7, 11) is -5.97. The smallest absolute Gasteiger partial charge is 0.392 e. The molecule has 0 aromatic heterocycles. The van der Waals surface area contributed by atoms with Crippen LogP contribution in [0.5, 0.6) is 0 Å². The van der Waals surface area contributed by atoms with Crippen LogP contribution in [-0.4, -0.2) is 43.5 Å². The predicted molar refractivity (Wildman–Crippen MR) is 200 cm³/mol. The highest BCUT2D eigenvalue weighted by Gasteiger charge is 2.59. The van der Waals surface area contributed by atoms with Crippen LogP contribution < -0.4 is 0 Å². The molecule has 290 valence electrons. The molecule has 0 spiro atoms. The fourth-order valence-corrected chi connectivity index (χ4v) is 14.3. The molecule has 11 heteroatoms. The molecule has 54 heavy (non-hydrogen) atoms. The number of hydrogen-bond donors (Lipinski definition) is 1. The Labute approximate surface area is 319 Å². The maximum absolute atomic E-state index is 14.2. The standard InChI is InChI=1S/C25H36F2O6S.C18H14FS/c26-25(27,34(29,30)31)14-32-13-21(23-7-15-1-16(8-23)3-17(2-15)9-23)33-22(28)24-10-18-4-19(11-24)6-20(5-18)12-24;19-17-13-7-8-14-18(17)20(15-9-3-1-4-10-15)16-11-5-2-6-12-16/h15-21H,1-14H2,(H,29,30,31);1-14H/q;+1. The number of ether oxygens (including phenoxy) is 2. The largest absolute Gasteiger partial charge is 0.459 e. The van der Waals surface area contributed by atoms with Crippen molar-refractivity contribution in [1.29, 1.82) is 0 Å². The predicted octanol–water partition coefficient (Wildman–Crippen LogP) is 9.75. The highest BCUT2D eigenvalue weighted by atomic mass is 32.2. The molecule has 8 bridgehead atoms. The van der Waals surface area contributed by atoms with Crippen LogP contribution in [0.2, 0.25) is 0 Å². The van der Waals surface area contributed by atoms with Crippen LogP contribution in [0.4, 0.5) is 13.2 Å². The van der Waals surface area contributed by atoms with E-state index < -0.39 is 44.4 Å². The molecule has 11 rings (SSSR count). The van der Waals surface area contributed by atoms with E-state index in [-0.39, 0.29) is 23.8 Å². The molecule has 0 radical (unpaired) electrons. The Kier molecular flexibility index (Phi) is 10.5. The first-order valence-electron chi connectivity index (χ1n) is 19.5. The quantitative estimate of drug-likeness (QED) is 0.118. The monoisotopic (exact) mass is 783 g/mol. The van der Waals surface area contributed by atoms with Crippen molar-refractivity contribution >= 4 is 27.0 Å². The maximum Gasteiger partial charge on any atom is 0.392 e. The lowest BCUT2D eigenvalue weighted by molar-refractivity contribution is -0.204. The van der Waals surface area contributed by atoms with Crippen molar-refractivity contribution in [2.45, 2.75) is 103 Å². The molecule has 0 amide bonds. The molecular weight excluding hydrogens is 734 g/mol. The zero-order valence-electron chi connectivity index (χ0n) is 30.5. The van der Waals surface area contributed by atoms with Gasteiger partial charge in [-0.05, 0) is 149 Å². The van der Waals surface area contributed by atoms with E-state index in [1.165, 1.54) is 44.6 Å². The van der Waals surface area contributed by atoms with Crippen molar-refractivity contribution in [2.75, 3.05) is 13.2 Å². The number of halogens is 3. The van der Waals surface area contributed by atoms with Crippen molar-refractivity contribution in [1.82, 2.24) is 0 Å². The van der Waals surface area contributed by atoms with E-state index in [1.54, 1.807) is 6.07 Å². The number of hydrogen-bond acceptors (Lipinski definition) is 5. The van der Waals surface area contributed by atoms with Gasteiger partial charge >= 0.3 is 21.3 Å². The van der Waals surface area contributed by atoms with Crippen LogP contribution in [0, 0.1) is 52.2 Å². The van der Waals surface area contributed by atoms with Gasteiger partial charge in [0.15, 0.2) is 15.6 Å². The van der Waals surface area contributed by atoms with Gasteiger partial charge in [0.1, 0.15) is 23.6 Å². The second-order valence-electron chi connectivity index (χ2n) is 17.4. The average Bonchev–Trinajstić information content (AvgIpc) is 3.12. The summed E-state index contributed by atoms with van der Waals surface area (Å²) in [4.78, 5) is 16.8. The molecule has 8 fully saturated rings. The summed E-state index contributed by atoms with van der Waals surface area (Å²) in [5.74, 6) is 3.15. The normalized spacial score (nSPS) is 32.6. The number of esters is 1. The zero-order chi connectivity index (χ0) is 37.7. The van der Waals surface area contributed by atoms with Crippen LogP contribution in [-0.2, 0) is 35.3 Å². The fraction of sp³-hybridized carbons (Fsp3) is 0.558. The van der Waals surface area contributed by atoms with Crippen LogP contribution >= 0.6 is 0 Å². The summed E-state index contributed by atoms with van der Waals surface area (Å²) in [6.07, 6.45) is 11.9. The lowest BCUT2D eigenvalue weighted by Gasteiger charge is -2.59. The van der Waals surface area contributed by atoms with Crippen molar-refractivity contribution < 1.29 is 40.4 Å². The SMILES string of the molecule is Fc1ccccc1[S+](c1ccccc1)c1ccccc1.O=C(OC(COCC(F)(F)S(=O)(=O)O)C12CC3CC(CC(C3)C1)C2)C12CC3CC(CC(C3)C1)C2. The van der Waals surface area contributed by atoms with E-state index in [0.717, 1.165) is 53.2 Å². The molecule has 6 nitrogen and oxygen atoms in total. The third kappa shape index (κ3) is 7.63. The lowest BCUT2D eigenvalue weighted by atomic mass is 9.48. The molecular formula is C43H50F3O6S2+. The highest BCUT2D eigenvalue weighted by Crippen LogP contribution is 2.64. The second-order valence-corrected chi connectivity index (χ2v) is 20.9. The first kappa shape index (κ1) is 38.0. The number of rotatable bonds is 11. The van der Waals surface area contributed by atoms with Crippen LogP contribution in [0.1, 0.15) is 77.0 Å². The topological polar surface area (TPSA) is 89.9 Å². The van der Waals surface area contributed by atoms with E-state index >= 15 is 0 Å². The second kappa shape index (κ2) is 14.9. The summed E-state index contributed by atoms with van der Waals surface area (Å²) < 4.78 is 84.3. The van der Waals surface area contributed by atoms with Gasteiger partial charge in [0.05, 0.1) is 12.0 Å². The Morgan fingerprint density at radius 3 is 1.59 bits per heavy atom. The molecule has 1 N–H and O–H groups in total. The molecule has 8 saturated carbocycles. The molecule has 0 heterocycles. The highest BCUT2D eigenvalue weighted by molar-refractivity contribution is 7.97. The first-order chi connectivity index (χ1) is 25.8. The Morgan fingerprint density at radius 1 is 0.722 bits per heavy atom. The molecule has 0 saturated heterocycles. The third-order valence-electron chi connectivity index (χ3n) is 13.4. The fourth-order valence-electron chi connectivity index (χ4n) is 12.0. The number of alkyl halides is 2. The lowest BCUT2D eigenvalue weighted by Crippen LogP contribution is -2.56. The molecule has 1 unspecified atom stereocenters. The minimum Gasteiger partial charge on any atom is -0.459 e. The minimum atomic E-state index is -5.57. The van der Waals surface area contributed by atoms with Gasteiger partial charge in [-0.3, -0.25) is 9.35 Å². The number of carbonyl (C=O) groups excluding carboxylic acids is 1. The molecule has 3 aromatic rings. The van der Waals surface area contributed by atoms with Crippen LogP contribution in [0.25, 0.3) is 0 Å². The van der Waals surface area contributed by atoms with E-state index in [2.05, 4.69) is 24.3 Å². The summed E-state index contributed by atoms with van der Waals surface area (Å²) >= 11 is 0. The number of carbonyl (C=O) groups is 1. The molecule has 0 aliphatic heterocycles. The van der Waals surface area contributed by atoms with E-state index in [1.807, 2.05) is 48.5 Å². The maximum atomic E-state index is 14.2.